The minimum Gasteiger partial charge on any atom is -0.354 e. The molecule has 1 aromatic carbocycles. The molecule has 0 spiro atoms. The van der Waals surface area contributed by atoms with Gasteiger partial charge in [-0.15, -0.1) is 0 Å². The minimum absolute atomic E-state index is 0.0457. The van der Waals surface area contributed by atoms with Gasteiger partial charge < -0.3 is 10.6 Å². The second-order valence-electron chi connectivity index (χ2n) is 4.68. The molecule has 3 rings (SSSR count). The van der Waals surface area contributed by atoms with E-state index in [1.165, 1.54) is 0 Å². The van der Waals surface area contributed by atoms with E-state index in [1.54, 1.807) is 25.2 Å². The molecule has 6 heteroatoms. The summed E-state index contributed by atoms with van der Waals surface area (Å²) in [6.07, 6.45) is 1.92. The van der Waals surface area contributed by atoms with E-state index in [0.29, 0.717) is 16.8 Å². The molecule has 98 valence electrons. The van der Waals surface area contributed by atoms with Crippen molar-refractivity contribution >= 4 is 28.4 Å². The quantitative estimate of drug-likeness (QED) is 0.774. The highest BCUT2D eigenvalue weighted by Gasteiger charge is 2.29. The Hall–Kier alpha value is -2.37. The van der Waals surface area contributed by atoms with Crippen molar-refractivity contribution in [3.63, 3.8) is 0 Å². The lowest BCUT2D eigenvalue weighted by Gasteiger charge is -2.04. The number of nitrogens with one attached hydrogen (secondary N) is 3. The van der Waals surface area contributed by atoms with Gasteiger partial charge >= 0.3 is 0 Å². The fourth-order valence-corrected chi connectivity index (χ4v) is 1.97. The summed E-state index contributed by atoms with van der Waals surface area (Å²) in [4.78, 5) is 23.4. The average Bonchev–Trinajstić information content (AvgIpc) is 3.18. The fourth-order valence-electron chi connectivity index (χ4n) is 1.97. The Morgan fingerprint density at radius 2 is 2.16 bits per heavy atom. The first-order chi connectivity index (χ1) is 9.19. The number of nitrogens with zero attached hydrogens (tertiary/aromatic N) is 1. The molecule has 3 N–H and O–H groups in total. The van der Waals surface area contributed by atoms with Gasteiger partial charge in [-0.2, -0.15) is 5.10 Å². The van der Waals surface area contributed by atoms with Crippen LogP contribution < -0.4 is 10.6 Å². The molecule has 1 aromatic heterocycles. The zero-order valence-corrected chi connectivity index (χ0v) is 10.5. The highest BCUT2D eigenvalue weighted by Crippen LogP contribution is 2.30. The Morgan fingerprint density at radius 3 is 2.84 bits per heavy atom. The van der Waals surface area contributed by atoms with Crippen molar-refractivity contribution in [3.05, 3.63) is 23.9 Å². The molecule has 6 nitrogen and oxygen atoms in total. The van der Waals surface area contributed by atoms with Crippen LogP contribution in [0.1, 0.15) is 23.3 Å². The molecule has 1 aliphatic carbocycles. The fraction of sp³-hybridized carbons (Fsp3) is 0.308. The van der Waals surface area contributed by atoms with Crippen LogP contribution >= 0.6 is 0 Å². The molecule has 1 aliphatic rings. The van der Waals surface area contributed by atoms with Crippen LogP contribution in [0.3, 0.4) is 0 Å². The van der Waals surface area contributed by atoms with Gasteiger partial charge in [-0.1, -0.05) is 0 Å². The standard InChI is InChI=1S/C13H14N4O2/c1-14-13(19)11-9-6-8(4-5-10(9)16-17-11)15-12(18)7-2-3-7/h4-7H,2-3H2,1H3,(H,14,19)(H,15,18)(H,16,17). The number of amides is 2. The smallest absolute Gasteiger partial charge is 0.272 e. The number of fused-ring (bicyclic) bond motifs is 1. The molecule has 0 bridgehead atoms. The Labute approximate surface area is 109 Å². The molecular formula is C13H14N4O2. The maximum absolute atomic E-state index is 11.7. The largest absolute Gasteiger partial charge is 0.354 e. The number of benzene rings is 1. The zero-order chi connectivity index (χ0) is 13.4. The maximum atomic E-state index is 11.7. The van der Waals surface area contributed by atoms with E-state index in [0.717, 1.165) is 18.4 Å². The van der Waals surface area contributed by atoms with Crippen LogP contribution in [-0.2, 0) is 4.79 Å². The number of hydrogen-bond acceptors (Lipinski definition) is 3. The van der Waals surface area contributed by atoms with E-state index >= 15 is 0 Å². The van der Waals surface area contributed by atoms with Crippen molar-refractivity contribution in [2.24, 2.45) is 5.92 Å². The van der Waals surface area contributed by atoms with Gasteiger partial charge in [0.15, 0.2) is 5.69 Å². The monoisotopic (exact) mass is 258 g/mol. The van der Waals surface area contributed by atoms with Crippen LogP contribution in [-0.4, -0.2) is 29.1 Å². The van der Waals surface area contributed by atoms with E-state index in [9.17, 15) is 9.59 Å². The highest BCUT2D eigenvalue weighted by molar-refractivity contribution is 6.06. The summed E-state index contributed by atoms with van der Waals surface area (Å²) in [7, 11) is 1.56. The van der Waals surface area contributed by atoms with Crippen LogP contribution in [0.5, 0.6) is 0 Å². The summed E-state index contributed by atoms with van der Waals surface area (Å²) >= 11 is 0. The number of H-pyrrole nitrogens is 1. The van der Waals surface area contributed by atoms with Gasteiger partial charge in [0.1, 0.15) is 0 Å². The molecule has 2 amide bonds. The van der Waals surface area contributed by atoms with Gasteiger partial charge in [-0.25, -0.2) is 0 Å². The molecular weight excluding hydrogens is 244 g/mol. The van der Waals surface area contributed by atoms with E-state index < -0.39 is 0 Å². The summed E-state index contributed by atoms with van der Waals surface area (Å²) in [5.41, 5.74) is 1.79. The average molecular weight is 258 g/mol. The van der Waals surface area contributed by atoms with Crippen molar-refractivity contribution in [1.82, 2.24) is 15.5 Å². The maximum Gasteiger partial charge on any atom is 0.272 e. The van der Waals surface area contributed by atoms with E-state index in [2.05, 4.69) is 20.8 Å². The van der Waals surface area contributed by atoms with Gasteiger partial charge in [0.2, 0.25) is 5.91 Å². The van der Waals surface area contributed by atoms with Gasteiger partial charge in [-0.05, 0) is 31.0 Å². The van der Waals surface area contributed by atoms with Crippen LogP contribution in [0.15, 0.2) is 18.2 Å². The van der Waals surface area contributed by atoms with Crippen molar-refractivity contribution in [2.75, 3.05) is 12.4 Å². The second-order valence-corrected chi connectivity index (χ2v) is 4.68. The molecule has 1 saturated carbocycles. The topological polar surface area (TPSA) is 86.9 Å². The molecule has 1 fully saturated rings. The number of carbonyl (C=O) groups is 2. The Kier molecular flexibility index (Phi) is 2.70. The number of carbonyl (C=O) groups excluding carboxylic acids is 2. The molecule has 0 unspecified atom stereocenters. The molecule has 0 aliphatic heterocycles. The normalized spacial score (nSPS) is 14.4. The lowest BCUT2D eigenvalue weighted by molar-refractivity contribution is -0.117. The molecule has 2 aromatic rings. The predicted molar refractivity (Wildman–Crippen MR) is 70.8 cm³/mol. The van der Waals surface area contributed by atoms with E-state index in [-0.39, 0.29) is 17.7 Å². The first-order valence-corrected chi connectivity index (χ1v) is 6.20. The summed E-state index contributed by atoms with van der Waals surface area (Å²) < 4.78 is 0. The van der Waals surface area contributed by atoms with E-state index in [1.807, 2.05) is 0 Å². The van der Waals surface area contributed by atoms with Crippen LogP contribution in [0.4, 0.5) is 5.69 Å². The third-order valence-corrected chi connectivity index (χ3v) is 3.22. The molecule has 19 heavy (non-hydrogen) atoms. The predicted octanol–water partition coefficient (Wildman–Crippen LogP) is 1.27. The molecule has 0 saturated heterocycles. The lowest BCUT2D eigenvalue weighted by atomic mass is 10.1. The van der Waals surface area contributed by atoms with Crippen molar-refractivity contribution < 1.29 is 9.59 Å². The Bertz CT molecular complexity index is 658. The van der Waals surface area contributed by atoms with Crippen LogP contribution in [0.25, 0.3) is 10.9 Å². The summed E-state index contributed by atoms with van der Waals surface area (Å²) in [6, 6.07) is 5.37. The van der Waals surface area contributed by atoms with E-state index in [4.69, 9.17) is 0 Å². The van der Waals surface area contributed by atoms with Crippen molar-refractivity contribution in [2.45, 2.75) is 12.8 Å². The lowest BCUT2D eigenvalue weighted by Crippen LogP contribution is -2.18. The minimum atomic E-state index is -0.253. The summed E-state index contributed by atoms with van der Waals surface area (Å²) in [6.45, 7) is 0. The van der Waals surface area contributed by atoms with Crippen molar-refractivity contribution in [1.29, 1.82) is 0 Å². The molecule has 0 atom stereocenters. The Balaban J connectivity index is 1.93. The molecule has 0 radical (unpaired) electrons. The number of aromatic amines is 1. The number of hydrogen-bond donors (Lipinski definition) is 3. The summed E-state index contributed by atoms with van der Waals surface area (Å²) in [5, 5.41) is 12.9. The van der Waals surface area contributed by atoms with Crippen LogP contribution in [0, 0.1) is 5.92 Å². The molecule has 1 heterocycles. The van der Waals surface area contributed by atoms with Gasteiger partial charge in [0, 0.05) is 24.0 Å². The Morgan fingerprint density at radius 1 is 1.37 bits per heavy atom. The van der Waals surface area contributed by atoms with Gasteiger partial charge in [0.25, 0.3) is 5.91 Å². The third kappa shape index (κ3) is 2.16. The van der Waals surface area contributed by atoms with Gasteiger partial charge in [-0.3, -0.25) is 14.7 Å². The third-order valence-electron chi connectivity index (χ3n) is 3.22. The highest BCUT2D eigenvalue weighted by atomic mass is 16.2. The first kappa shape index (κ1) is 11.7. The summed E-state index contributed by atoms with van der Waals surface area (Å²) in [5.74, 6) is -0.0558. The van der Waals surface area contributed by atoms with Crippen LogP contribution in [0.2, 0.25) is 0 Å². The first-order valence-electron chi connectivity index (χ1n) is 6.20. The van der Waals surface area contributed by atoms with Gasteiger partial charge in [0.05, 0.1) is 5.52 Å². The SMILES string of the molecule is CNC(=O)c1n[nH]c2ccc(NC(=O)C3CC3)cc12. The second kappa shape index (κ2) is 4.38. The number of aromatic nitrogens is 2. The number of rotatable bonds is 3. The zero-order valence-electron chi connectivity index (χ0n) is 10.5. The van der Waals surface area contributed by atoms with Crippen molar-refractivity contribution in [3.8, 4) is 0 Å². The number of anilines is 1.